The van der Waals surface area contributed by atoms with Crippen molar-refractivity contribution >= 4 is 29.0 Å². The van der Waals surface area contributed by atoms with Crippen molar-refractivity contribution in [2.75, 3.05) is 7.05 Å². The maximum Gasteiger partial charge on any atom is 0.164 e. The lowest BCUT2D eigenvalue weighted by Crippen LogP contribution is -2.18. The lowest BCUT2D eigenvalue weighted by molar-refractivity contribution is 1.36. The van der Waals surface area contributed by atoms with E-state index in [1.54, 1.807) is 0 Å². The quantitative estimate of drug-likeness (QED) is 0.327. The Bertz CT molecular complexity index is 79.0. The zero-order chi connectivity index (χ0) is 5.86. The molecule has 0 spiro atoms. The smallest absolute Gasteiger partial charge is 0.164 e. The molecule has 0 rings (SSSR count). The third-order valence-corrected chi connectivity index (χ3v) is 0.929. The fraction of sp³-hybridized carbons (Fsp3) is 0.667. The van der Waals surface area contributed by atoms with Gasteiger partial charge in [0.05, 0.1) is 0 Å². The van der Waals surface area contributed by atoms with Crippen molar-refractivity contribution in [3.8, 4) is 0 Å². The van der Waals surface area contributed by atoms with Gasteiger partial charge in [-0.05, 0) is 0 Å². The summed E-state index contributed by atoms with van der Waals surface area (Å²) in [5.41, 5.74) is 5.10. The van der Waals surface area contributed by atoms with Crippen LogP contribution in [0.4, 0.5) is 0 Å². The summed E-state index contributed by atoms with van der Waals surface area (Å²) in [5.74, 6) is 0.253. The first-order valence-corrected chi connectivity index (χ1v) is 2.56. The first kappa shape index (κ1) is 7.05. The predicted molar refractivity (Wildman–Crippen MR) is 33.0 cm³/mol. The number of nitrogens with two attached hydrogens (primary N) is 1. The van der Waals surface area contributed by atoms with Gasteiger partial charge in [-0.15, -0.1) is 0 Å². The summed E-state index contributed by atoms with van der Waals surface area (Å²) in [6.45, 7) is 0. The maximum absolute atomic E-state index is 5.24. The summed E-state index contributed by atoms with van der Waals surface area (Å²) < 4.78 is 0. The van der Waals surface area contributed by atoms with E-state index in [9.17, 15) is 0 Å². The minimum Gasteiger partial charge on any atom is -0.385 e. The van der Waals surface area contributed by atoms with Crippen molar-refractivity contribution in [2.24, 2.45) is 10.7 Å². The fourth-order valence-electron chi connectivity index (χ4n) is 0.0976. The van der Waals surface area contributed by atoms with Crippen LogP contribution in [0.1, 0.15) is 0 Å². The summed E-state index contributed by atoms with van der Waals surface area (Å²) in [6, 6.07) is 0. The van der Waals surface area contributed by atoms with E-state index in [0.717, 1.165) is 0 Å². The highest BCUT2D eigenvalue weighted by Crippen LogP contribution is 1.99. The molecule has 7 heavy (non-hydrogen) atoms. The van der Waals surface area contributed by atoms with E-state index >= 15 is 0 Å². The SMILES string of the molecule is CN=C(N)C(Cl)Cl. The first-order valence-electron chi connectivity index (χ1n) is 1.68. The molecule has 0 saturated carbocycles. The molecule has 0 aliphatic rings. The highest BCUT2D eigenvalue weighted by atomic mass is 35.5. The molecule has 0 saturated heterocycles. The highest BCUT2D eigenvalue weighted by molar-refractivity contribution is 6.54. The molecule has 0 aliphatic heterocycles. The molecule has 0 aromatic heterocycles. The largest absolute Gasteiger partial charge is 0.385 e. The molecule has 0 atom stereocenters. The van der Waals surface area contributed by atoms with Gasteiger partial charge in [0.2, 0.25) is 0 Å². The van der Waals surface area contributed by atoms with Crippen molar-refractivity contribution in [2.45, 2.75) is 4.84 Å². The monoisotopic (exact) mass is 140 g/mol. The van der Waals surface area contributed by atoms with Crippen LogP contribution in [0.25, 0.3) is 0 Å². The maximum atomic E-state index is 5.24. The molecule has 0 radical (unpaired) electrons. The van der Waals surface area contributed by atoms with Crippen LogP contribution < -0.4 is 5.73 Å². The number of nitrogens with zero attached hydrogens (tertiary/aromatic N) is 1. The number of aliphatic imine (C=N–C) groups is 1. The Morgan fingerprint density at radius 3 is 2.14 bits per heavy atom. The molecule has 0 unspecified atom stereocenters. The zero-order valence-electron chi connectivity index (χ0n) is 3.86. The minimum absolute atomic E-state index is 0.253. The second-order valence-electron chi connectivity index (χ2n) is 0.949. The van der Waals surface area contributed by atoms with E-state index < -0.39 is 4.84 Å². The van der Waals surface area contributed by atoms with E-state index in [1.165, 1.54) is 7.05 Å². The Morgan fingerprint density at radius 2 is 2.14 bits per heavy atom. The Kier molecular flexibility index (Phi) is 3.13. The summed E-state index contributed by atoms with van der Waals surface area (Å²) in [5, 5.41) is 0. The summed E-state index contributed by atoms with van der Waals surface area (Å²) in [7, 11) is 1.53. The Hall–Kier alpha value is 0.0500. The van der Waals surface area contributed by atoms with Crippen LogP contribution in [-0.2, 0) is 0 Å². The average Bonchev–Trinajstić information content (AvgIpc) is 1.65. The highest BCUT2D eigenvalue weighted by Gasteiger charge is 1.99. The van der Waals surface area contributed by atoms with Gasteiger partial charge in [0, 0.05) is 7.05 Å². The Morgan fingerprint density at radius 1 is 1.71 bits per heavy atom. The van der Waals surface area contributed by atoms with Gasteiger partial charge in [-0.3, -0.25) is 4.99 Å². The molecule has 4 heteroatoms. The standard InChI is InChI=1S/C3H6Cl2N2/c1-7-3(6)2(4)5/h2H,1H3,(H2,6,7). The molecule has 0 heterocycles. The predicted octanol–water partition coefficient (Wildman–Crippen LogP) is 0.777. The number of hydrogen-bond acceptors (Lipinski definition) is 1. The molecule has 0 aromatic carbocycles. The number of hydrogen-bond donors (Lipinski definition) is 1. The van der Waals surface area contributed by atoms with Crippen LogP contribution in [0.5, 0.6) is 0 Å². The molecule has 2 nitrogen and oxygen atoms in total. The Balaban J connectivity index is 3.56. The second-order valence-corrected chi connectivity index (χ2v) is 2.05. The molecule has 2 N–H and O–H groups in total. The average molecular weight is 141 g/mol. The molecule has 42 valence electrons. The first-order chi connectivity index (χ1) is 3.18. The summed E-state index contributed by atoms with van der Waals surface area (Å²) in [6.07, 6.45) is 0. The number of alkyl halides is 2. The lowest BCUT2D eigenvalue weighted by Gasteiger charge is -1.94. The normalized spacial score (nSPS) is 12.9. The van der Waals surface area contributed by atoms with Crippen molar-refractivity contribution < 1.29 is 0 Å². The number of halogens is 2. The topological polar surface area (TPSA) is 38.4 Å². The van der Waals surface area contributed by atoms with Gasteiger partial charge in [-0.2, -0.15) is 0 Å². The summed E-state index contributed by atoms with van der Waals surface area (Å²) >= 11 is 10.5. The van der Waals surface area contributed by atoms with Crippen LogP contribution in [-0.4, -0.2) is 17.7 Å². The molecule has 0 bridgehead atoms. The Labute approximate surface area is 52.3 Å². The van der Waals surface area contributed by atoms with E-state index in [1.807, 2.05) is 0 Å². The molecular weight excluding hydrogens is 135 g/mol. The van der Waals surface area contributed by atoms with Gasteiger partial charge in [-0.25, -0.2) is 0 Å². The molecule has 0 fully saturated rings. The van der Waals surface area contributed by atoms with Crippen LogP contribution in [0.2, 0.25) is 0 Å². The molecular formula is C3H6Cl2N2. The molecule has 0 aliphatic carbocycles. The number of amidine groups is 1. The van der Waals surface area contributed by atoms with Crippen LogP contribution in [0.3, 0.4) is 0 Å². The fourth-order valence-corrected chi connectivity index (χ4v) is 0.293. The van der Waals surface area contributed by atoms with E-state index in [2.05, 4.69) is 4.99 Å². The van der Waals surface area contributed by atoms with E-state index in [4.69, 9.17) is 28.9 Å². The van der Waals surface area contributed by atoms with Gasteiger partial charge >= 0.3 is 0 Å². The van der Waals surface area contributed by atoms with E-state index in [-0.39, 0.29) is 5.84 Å². The van der Waals surface area contributed by atoms with Gasteiger partial charge < -0.3 is 5.73 Å². The molecule has 0 aromatic rings. The second kappa shape index (κ2) is 3.10. The van der Waals surface area contributed by atoms with Gasteiger partial charge in [0.15, 0.2) is 4.84 Å². The number of rotatable bonds is 1. The van der Waals surface area contributed by atoms with Gasteiger partial charge in [-0.1, -0.05) is 23.2 Å². The zero-order valence-corrected chi connectivity index (χ0v) is 5.37. The van der Waals surface area contributed by atoms with Crippen LogP contribution >= 0.6 is 23.2 Å². The lowest BCUT2D eigenvalue weighted by atomic mass is 10.7. The van der Waals surface area contributed by atoms with Crippen LogP contribution in [0.15, 0.2) is 4.99 Å². The van der Waals surface area contributed by atoms with Crippen molar-refractivity contribution in [1.29, 1.82) is 0 Å². The third kappa shape index (κ3) is 2.71. The van der Waals surface area contributed by atoms with Gasteiger partial charge in [0.1, 0.15) is 5.84 Å². The van der Waals surface area contributed by atoms with E-state index in [0.29, 0.717) is 0 Å². The minimum atomic E-state index is -0.662. The van der Waals surface area contributed by atoms with Crippen molar-refractivity contribution in [1.82, 2.24) is 0 Å². The van der Waals surface area contributed by atoms with Crippen molar-refractivity contribution in [3.63, 3.8) is 0 Å². The molecule has 0 amide bonds. The van der Waals surface area contributed by atoms with Crippen molar-refractivity contribution in [3.05, 3.63) is 0 Å². The van der Waals surface area contributed by atoms with Gasteiger partial charge in [0.25, 0.3) is 0 Å². The summed E-state index contributed by atoms with van der Waals surface area (Å²) in [4.78, 5) is 2.86. The third-order valence-electron chi connectivity index (χ3n) is 0.482. The van der Waals surface area contributed by atoms with Crippen LogP contribution in [0, 0.1) is 0 Å².